The van der Waals surface area contributed by atoms with E-state index >= 15 is 0 Å². The zero-order valence-electron chi connectivity index (χ0n) is 13.1. The molecule has 0 fully saturated rings. The van der Waals surface area contributed by atoms with Gasteiger partial charge in [-0.3, -0.25) is 4.79 Å². The molecule has 0 aliphatic heterocycles. The first-order valence-corrected chi connectivity index (χ1v) is 8.19. The zero-order chi connectivity index (χ0) is 16.1. The molecule has 0 amide bonds. The molecule has 1 unspecified atom stereocenters. The molecule has 0 aliphatic carbocycles. The fourth-order valence-electron chi connectivity index (χ4n) is 2.36. The number of benzene rings is 1. The third kappa shape index (κ3) is 4.31. The minimum absolute atomic E-state index is 0.155. The van der Waals surface area contributed by atoms with Crippen molar-refractivity contribution in [1.29, 1.82) is 0 Å². The number of hydrogen-bond donors (Lipinski definition) is 1. The van der Waals surface area contributed by atoms with Crippen molar-refractivity contribution in [3.63, 3.8) is 0 Å². The molecule has 0 saturated carbocycles. The van der Waals surface area contributed by atoms with Crippen LogP contribution in [0.25, 0.3) is 0 Å². The fraction of sp³-hybridized carbons (Fsp3) is 0.412. The van der Waals surface area contributed by atoms with E-state index in [2.05, 4.69) is 11.9 Å². The first kappa shape index (κ1) is 16.5. The lowest BCUT2D eigenvalue weighted by Crippen LogP contribution is -2.07. The number of carboxylic acid groups (broad SMARTS) is 1. The van der Waals surface area contributed by atoms with Crippen molar-refractivity contribution >= 4 is 17.3 Å². The highest BCUT2D eigenvalue weighted by molar-refractivity contribution is 7.09. The molecule has 5 heteroatoms. The molecular weight excluding hydrogens is 298 g/mol. The second-order valence-corrected chi connectivity index (χ2v) is 6.38. The summed E-state index contributed by atoms with van der Waals surface area (Å²) in [6.45, 7) is 6.75. The van der Waals surface area contributed by atoms with Crippen molar-refractivity contribution in [2.24, 2.45) is 0 Å². The van der Waals surface area contributed by atoms with Crippen LogP contribution in [0.4, 0.5) is 0 Å². The van der Waals surface area contributed by atoms with Crippen LogP contribution in [0.5, 0.6) is 5.75 Å². The molecule has 118 valence electrons. The zero-order valence-corrected chi connectivity index (χ0v) is 13.9. The lowest BCUT2D eigenvalue weighted by Gasteiger charge is -2.14. The topological polar surface area (TPSA) is 59.4 Å². The highest BCUT2D eigenvalue weighted by atomic mass is 32.1. The standard InChI is InChI=1S/C17H21NO3S/c1-11-8-15(6-4-14(11)5-7-16(19)20)21-9-12(2)17-13(3)18-10-22-17/h4,6,8,10,12H,5,7,9H2,1-3H3,(H,19,20). The van der Waals surface area contributed by atoms with Gasteiger partial charge in [0.25, 0.3) is 0 Å². The van der Waals surface area contributed by atoms with Crippen LogP contribution >= 0.6 is 11.3 Å². The average molecular weight is 319 g/mol. The molecule has 1 atom stereocenters. The molecule has 0 bridgehead atoms. The molecule has 0 spiro atoms. The monoisotopic (exact) mass is 319 g/mol. The Bertz CT molecular complexity index is 651. The number of hydrogen-bond acceptors (Lipinski definition) is 4. The summed E-state index contributed by atoms with van der Waals surface area (Å²) in [5.41, 5.74) is 5.06. The molecule has 4 nitrogen and oxygen atoms in total. The predicted molar refractivity (Wildman–Crippen MR) is 87.9 cm³/mol. The molecule has 22 heavy (non-hydrogen) atoms. The smallest absolute Gasteiger partial charge is 0.303 e. The van der Waals surface area contributed by atoms with Gasteiger partial charge in [0, 0.05) is 17.2 Å². The van der Waals surface area contributed by atoms with Crippen molar-refractivity contribution in [2.75, 3.05) is 6.61 Å². The van der Waals surface area contributed by atoms with Crippen LogP contribution in [-0.2, 0) is 11.2 Å². The number of ether oxygens (including phenoxy) is 1. The third-order valence-corrected chi connectivity index (χ3v) is 4.81. The number of thiazole rings is 1. The first-order chi connectivity index (χ1) is 10.5. The average Bonchev–Trinajstić information content (AvgIpc) is 2.90. The summed E-state index contributed by atoms with van der Waals surface area (Å²) in [6, 6.07) is 5.84. The summed E-state index contributed by atoms with van der Waals surface area (Å²) in [5, 5.41) is 8.75. The SMILES string of the molecule is Cc1cc(OCC(C)c2scnc2C)ccc1CCC(=O)O. The minimum Gasteiger partial charge on any atom is -0.493 e. The molecule has 2 aromatic rings. The number of carboxylic acids is 1. The Hall–Kier alpha value is -1.88. The number of carbonyl (C=O) groups is 1. The van der Waals surface area contributed by atoms with Gasteiger partial charge in [-0.2, -0.15) is 0 Å². The number of aliphatic carboxylic acids is 1. The Balaban J connectivity index is 1.95. The van der Waals surface area contributed by atoms with Crippen molar-refractivity contribution < 1.29 is 14.6 Å². The molecule has 1 aromatic heterocycles. The van der Waals surface area contributed by atoms with E-state index in [1.165, 1.54) is 4.88 Å². The van der Waals surface area contributed by atoms with Crippen LogP contribution in [0.15, 0.2) is 23.7 Å². The minimum atomic E-state index is -0.770. The Labute approximate surface area is 134 Å². The second-order valence-electron chi connectivity index (χ2n) is 5.50. The van der Waals surface area contributed by atoms with Crippen LogP contribution in [0.1, 0.15) is 41.0 Å². The van der Waals surface area contributed by atoms with Gasteiger partial charge >= 0.3 is 5.97 Å². The number of aryl methyl sites for hydroxylation is 3. The van der Waals surface area contributed by atoms with Gasteiger partial charge in [0.2, 0.25) is 0 Å². The van der Waals surface area contributed by atoms with Crippen molar-refractivity contribution in [3.05, 3.63) is 45.4 Å². The molecule has 0 radical (unpaired) electrons. The van der Waals surface area contributed by atoms with E-state index < -0.39 is 5.97 Å². The summed E-state index contributed by atoms with van der Waals surface area (Å²) < 4.78 is 5.87. The van der Waals surface area contributed by atoms with Crippen molar-refractivity contribution in [2.45, 2.75) is 39.5 Å². The molecule has 1 N–H and O–H groups in total. The number of rotatable bonds is 7. The molecule has 0 aliphatic rings. The largest absolute Gasteiger partial charge is 0.493 e. The summed E-state index contributed by atoms with van der Waals surface area (Å²) in [4.78, 5) is 16.2. The summed E-state index contributed by atoms with van der Waals surface area (Å²) in [5.74, 6) is 0.360. The summed E-state index contributed by atoms with van der Waals surface area (Å²) >= 11 is 1.66. The lowest BCUT2D eigenvalue weighted by molar-refractivity contribution is -0.136. The van der Waals surface area contributed by atoms with Gasteiger partial charge in [0.1, 0.15) is 5.75 Å². The van der Waals surface area contributed by atoms with E-state index in [1.807, 2.05) is 37.6 Å². The summed E-state index contributed by atoms with van der Waals surface area (Å²) in [6.07, 6.45) is 0.709. The normalized spacial score (nSPS) is 12.1. The van der Waals surface area contributed by atoms with E-state index in [1.54, 1.807) is 11.3 Å². The van der Waals surface area contributed by atoms with Crippen molar-refractivity contribution in [3.8, 4) is 5.75 Å². The Morgan fingerprint density at radius 2 is 2.18 bits per heavy atom. The Kier molecular flexibility index (Phi) is 5.55. The van der Waals surface area contributed by atoms with Gasteiger partial charge in [-0.25, -0.2) is 4.98 Å². The maximum Gasteiger partial charge on any atom is 0.303 e. The van der Waals surface area contributed by atoms with Crippen LogP contribution < -0.4 is 4.74 Å². The summed E-state index contributed by atoms with van der Waals surface area (Å²) in [7, 11) is 0. The number of nitrogens with zero attached hydrogens (tertiary/aromatic N) is 1. The molecule has 0 saturated heterocycles. The van der Waals surface area contributed by atoms with E-state index in [4.69, 9.17) is 9.84 Å². The maximum atomic E-state index is 10.6. The van der Waals surface area contributed by atoms with E-state index in [0.29, 0.717) is 18.9 Å². The van der Waals surface area contributed by atoms with Gasteiger partial charge in [0.15, 0.2) is 0 Å². The van der Waals surface area contributed by atoms with Crippen LogP contribution in [0.2, 0.25) is 0 Å². The Morgan fingerprint density at radius 3 is 2.77 bits per heavy atom. The first-order valence-electron chi connectivity index (χ1n) is 7.31. The van der Waals surface area contributed by atoms with Crippen LogP contribution in [0, 0.1) is 13.8 Å². The van der Waals surface area contributed by atoms with Crippen molar-refractivity contribution in [1.82, 2.24) is 4.98 Å². The molecule has 2 rings (SSSR count). The van der Waals surface area contributed by atoms with Gasteiger partial charge in [-0.05, 0) is 43.5 Å². The predicted octanol–water partition coefficient (Wildman–Crippen LogP) is 3.96. The maximum absolute atomic E-state index is 10.6. The van der Waals surface area contributed by atoms with Gasteiger partial charge < -0.3 is 9.84 Å². The second kappa shape index (κ2) is 7.40. The quantitative estimate of drug-likeness (QED) is 0.839. The fourth-order valence-corrected chi connectivity index (χ4v) is 3.21. The third-order valence-electron chi connectivity index (χ3n) is 3.65. The van der Waals surface area contributed by atoms with Crippen LogP contribution in [-0.4, -0.2) is 22.7 Å². The number of aromatic nitrogens is 1. The van der Waals surface area contributed by atoms with Crippen LogP contribution in [0.3, 0.4) is 0 Å². The van der Waals surface area contributed by atoms with E-state index in [9.17, 15) is 4.79 Å². The van der Waals surface area contributed by atoms with E-state index in [-0.39, 0.29) is 6.42 Å². The molecule has 1 aromatic carbocycles. The van der Waals surface area contributed by atoms with Gasteiger partial charge in [-0.1, -0.05) is 13.0 Å². The Morgan fingerprint density at radius 1 is 1.41 bits per heavy atom. The highest BCUT2D eigenvalue weighted by Crippen LogP contribution is 2.25. The molecule has 1 heterocycles. The lowest BCUT2D eigenvalue weighted by atomic mass is 10.0. The highest BCUT2D eigenvalue weighted by Gasteiger charge is 2.12. The van der Waals surface area contributed by atoms with Gasteiger partial charge in [0.05, 0.1) is 17.8 Å². The molecular formula is C17H21NO3S. The van der Waals surface area contributed by atoms with E-state index in [0.717, 1.165) is 22.6 Å². The van der Waals surface area contributed by atoms with Gasteiger partial charge in [-0.15, -0.1) is 11.3 Å².